The van der Waals surface area contributed by atoms with Crippen molar-refractivity contribution in [1.82, 2.24) is 0 Å². The van der Waals surface area contributed by atoms with Crippen LogP contribution in [0.4, 0.5) is 5.00 Å². The van der Waals surface area contributed by atoms with E-state index < -0.39 is 5.91 Å². The third-order valence-electron chi connectivity index (χ3n) is 7.38. The Hall–Kier alpha value is -3.84. The molecule has 6 nitrogen and oxygen atoms in total. The molecular weight excluding hydrogens is 522 g/mol. The van der Waals surface area contributed by atoms with Crippen LogP contribution in [0.5, 0.6) is 5.75 Å². The number of thiophene rings is 1. The summed E-state index contributed by atoms with van der Waals surface area (Å²) in [5, 5.41) is 3.44. The van der Waals surface area contributed by atoms with Gasteiger partial charge in [0.05, 0.1) is 12.2 Å². The Morgan fingerprint density at radius 2 is 1.68 bits per heavy atom. The Morgan fingerprint density at radius 1 is 0.950 bits per heavy atom. The molecule has 5 rings (SSSR count). The molecule has 40 heavy (non-hydrogen) atoms. The molecule has 2 aromatic carbocycles. The minimum atomic E-state index is -0.401. The predicted octanol–water partition coefficient (Wildman–Crippen LogP) is 7.94. The van der Waals surface area contributed by atoms with Crippen molar-refractivity contribution in [3.63, 3.8) is 0 Å². The Balaban J connectivity index is 1.23. The topological polar surface area (TPSA) is 77.8 Å². The van der Waals surface area contributed by atoms with Crippen LogP contribution in [0.25, 0.3) is 0 Å². The second-order valence-corrected chi connectivity index (χ2v) is 11.7. The van der Waals surface area contributed by atoms with E-state index in [1.165, 1.54) is 22.5 Å². The summed E-state index contributed by atoms with van der Waals surface area (Å²) in [4.78, 5) is 27.1. The van der Waals surface area contributed by atoms with Crippen LogP contribution in [0, 0.1) is 0 Å². The first-order chi connectivity index (χ1) is 19.4. The first-order valence-electron chi connectivity index (χ1n) is 13.9. The zero-order valence-corrected chi connectivity index (χ0v) is 24.1. The lowest BCUT2D eigenvalue weighted by Gasteiger charge is -2.26. The third kappa shape index (κ3) is 5.99. The highest BCUT2D eigenvalue weighted by Gasteiger charge is 2.28. The van der Waals surface area contributed by atoms with Crippen molar-refractivity contribution >= 4 is 28.2 Å². The van der Waals surface area contributed by atoms with Gasteiger partial charge in [0.2, 0.25) is 0 Å². The molecule has 7 heteroatoms. The van der Waals surface area contributed by atoms with Gasteiger partial charge in [-0.15, -0.1) is 11.3 Å². The van der Waals surface area contributed by atoms with Gasteiger partial charge < -0.3 is 19.2 Å². The quantitative estimate of drug-likeness (QED) is 0.200. The smallest absolute Gasteiger partial charge is 0.341 e. The number of hydrogen-bond donors (Lipinski definition) is 1. The molecule has 0 saturated heterocycles. The molecule has 208 valence electrons. The van der Waals surface area contributed by atoms with Gasteiger partial charge in [-0.25, -0.2) is 4.79 Å². The second-order valence-electron chi connectivity index (χ2n) is 10.6. The minimum absolute atomic E-state index is 0.127. The molecule has 1 N–H and O–H groups in total. The molecule has 0 radical (unpaired) electrons. The van der Waals surface area contributed by atoms with Crippen molar-refractivity contribution in [2.24, 2.45) is 0 Å². The Bertz CT molecular complexity index is 1470. The summed E-state index contributed by atoms with van der Waals surface area (Å²) >= 11 is 1.46. The van der Waals surface area contributed by atoms with Crippen LogP contribution in [-0.2, 0) is 29.6 Å². The zero-order valence-electron chi connectivity index (χ0n) is 23.3. The predicted molar refractivity (Wildman–Crippen MR) is 158 cm³/mol. The van der Waals surface area contributed by atoms with Gasteiger partial charge in [-0.05, 0) is 73.1 Å². The SMILES string of the molecule is CCCOC(=O)c1c(NC(=O)c2ccc(COc3ccc(C(C)(C)c4ccccc4)cc3)o2)sc2c1CCCC2. The number of nitrogens with one attached hydrogen (secondary N) is 1. The molecule has 2 heterocycles. The van der Waals surface area contributed by atoms with Crippen LogP contribution in [-0.4, -0.2) is 18.5 Å². The number of aryl methyl sites for hydroxylation is 1. The molecule has 1 amide bonds. The highest BCUT2D eigenvalue weighted by molar-refractivity contribution is 7.17. The fraction of sp³-hybridized carbons (Fsp3) is 0.333. The Morgan fingerprint density at radius 3 is 2.42 bits per heavy atom. The number of anilines is 1. The summed E-state index contributed by atoms with van der Waals surface area (Å²) in [6.45, 7) is 6.91. The van der Waals surface area contributed by atoms with E-state index >= 15 is 0 Å². The maximum absolute atomic E-state index is 13.1. The van der Waals surface area contributed by atoms with E-state index in [1.54, 1.807) is 12.1 Å². The first kappa shape index (κ1) is 27.7. The van der Waals surface area contributed by atoms with Crippen molar-refractivity contribution < 1.29 is 23.5 Å². The first-order valence-corrected chi connectivity index (χ1v) is 14.7. The lowest BCUT2D eigenvalue weighted by Crippen LogP contribution is -2.18. The lowest BCUT2D eigenvalue weighted by molar-refractivity contribution is 0.0505. The number of carbonyl (C=O) groups is 2. The van der Waals surface area contributed by atoms with Crippen molar-refractivity contribution in [3.8, 4) is 5.75 Å². The number of furan rings is 1. The van der Waals surface area contributed by atoms with Crippen molar-refractivity contribution in [2.75, 3.05) is 11.9 Å². The fourth-order valence-electron chi connectivity index (χ4n) is 5.02. The third-order valence-corrected chi connectivity index (χ3v) is 8.59. The molecule has 2 aromatic heterocycles. The summed E-state index contributed by atoms with van der Waals surface area (Å²) in [6.07, 6.45) is 4.59. The van der Waals surface area contributed by atoms with Crippen LogP contribution >= 0.6 is 11.3 Å². The fourth-order valence-corrected chi connectivity index (χ4v) is 6.30. The maximum atomic E-state index is 13.1. The van der Waals surface area contributed by atoms with E-state index in [0.717, 1.165) is 48.3 Å². The van der Waals surface area contributed by atoms with Gasteiger partial charge in [-0.1, -0.05) is 63.2 Å². The molecule has 4 aromatic rings. The van der Waals surface area contributed by atoms with Crippen LogP contribution in [0.1, 0.15) is 88.3 Å². The summed E-state index contributed by atoms with van der Waals surface area (Å²) < 4.78 is 17.2. The molecule has 0 saturated carbocycles. The standard InChI is InChI=1S/C33H35NO5S/c1-4-20-37-32(36)29-26-12-8-9-13-28(26)40-31(29)34-30(35)27-19-18-25(39-27)21-38-24-16-14-23(15-17-24)33(2,3)22-10-6-5-7-11-22/h5-7,10-11,14-19H,4,8-9,12-13,20-21H2,1-3H3,(H,34,35). The van der Waals surface area contributed by atoms with Gasteiger partial charge in [0.1, 0.15) is 23.1 Å². The normalized spacial score (nSPS) is 13.0. The van der Waals surface area contributed by atoms with Gasteiger partial charge in [-0.3, -0.25) is 4.79 Å². The summed E-state index contributed by atoms with van der Waals surface area (Å²) in [5.74, 6) is 0.643. The van der Waals surface area contributed by atoms with E-state index in [2.05, 4.69) is 55.6 Å². The summed E-state index contributed by atoms with van der Waals surface area (Å²) in [7, 11) is 0. The van der Waals surface area contributed by atoms with Crippen LogP contribution in [0.15, 0.2) is 71.1 Å². The van der Waals surface area contributed by atoms with E-state index in [0.29, 0.717) is 22.9 Å². The highest BCUT2D eigenvalue weighted by atomic mass is 32.1. The molecule has 0 bridgehead atoms. The summed E-state index contributed by atoms with van der Waals surface area (Å²) in [5.41, 5.74) is 3.82. The average Bonchev–Trinajstić information content (AvgIpc) is 3.60. The van der Waals surface area contributed by atoms with Crippen molar-refractivity contribution in [1.29, 1.82) is 0 Å². The van der Waals surface area contributed by atoms with E-state index in [-0.39, 0.29) is 23.8 Å². The minimum Gasteiger partial charge on any atom is -0.486 e. The Kier molecular flexibility index (Phi) is 8.40. The molecule has 0 fully saturated rings. The number of benzene rings is 2. The number of esters is 1. The molecule has 0 unspecified atom stereocenters. The van der Waals surface area contributed by atoms with Gasteiger partial charge in [-0.2, -0.15) is 0 Å². The number of rotatable bonds is 10. The maximum Gasteiger partial charge on any atom is 0.341 e. The number of fused-ring (bicyclic) bond motifs is 1. The monoisotopic (exact) mass is 557 g/mol. The number of ether oxygens (including phenoxy) is 2. The van der Waals surface area contributed by atoms with E-state index in [9.17, 15) is 9.59 Å². The van der Waals surface area contributed by atoms with Crippen LogP contribution in [0.3, 0.4) is 0 Å². The summed E-state index contributed by atoms with van der Waals surface area (Å²) in [6, 6.07) is 21.8. The molecule has 0 atom stereocenters. The second kappa shape index (κ2) is 12.1. The molecule has 1 aliphatic rings. The molecule has 1 aliphatic carbocycles. The van der Waals surface area contributed by atoms with Gasteiger partial charge in [0, 0.05) is 10.3 Å². The Labute approximate surface area is 239 Å². The lowest BCUT2D eigenvalue weighted by atomic mass is 9.78. The van der Waals surface area contributed by atoms with Gasteiger partial charge in [0.15, 0.2) is 5.76 Å². The molecule has 0 spiro atoms. The van der Waals surface area contributed by atoms with Gasteiger partial charge in [0.25, 0.3) is 5.91 Å². The average molecular weight is 558 g/mol. The van der Waals surface area contributed by atoms with Crippen molar-refractivity contribution in [2.45, 2.75) is 64.9 Å². The van der Waals surface area contributed by atoms with Crippen molar-refractivity contribution in [3.05, 3.63) is 105 Å². The largest absolute Gasteiger partial charge is 0.486 e. The molecular formula is C33H35NO5S. The molecule has 0 aliphatic heterocycles. The van der Waals surface area contributed by atoms with E-state index in [4.69, 9.17) is 13.9 Å². The van der Waals surface area contributed by atoms with Crippen LogP contribution < -0.4 is 10.1 Å². The number of carbonyl (C=O) groups excluding carboxylic acids is 2. The zero-order chi connectivity index (χ0) is 28.1. The van der Waals surface area contributed by atoms with Gasteiger partial charge >= 0.3 is 5.97 Å². The number of amides is 1. The van der Waals surface area contributed by atoms with E-state index in [1.807, 2.05) is 25.1 Å². The highest BCUT2D eigenvalue weighted by Crippen LogP contribution is 2.39. The van der Waals surface area contributed by atoms with Crippen LogP contribution in [0.2, 0.25) is 0 Å². The number of hydrogen-bond acceptors (Lipinski definition) is 6.